The first-order valence-corrected chi connectivity index (χ1v) is 4.57. The molecule has 0 saturated heterocycles. The molecule has 2 nitrogen and oxygen atoms in total. The highest BCUT2D eigenvalue weighted by Crippen LogP contribution is 2.32. The molecule has 1 rings (SSSR count). The molecule has 0 aromatic rings. The van der Waals surface area contributed by atoms with Gasteiger partial charge < -0.3 is 4.65 Å². The van der Waals surface area contributed by atoms with E-state index in [2.05, 4.69) is 6.58 Å². The summed E-state index contributed by atoms with van der Waals surface area (Å²) in [6.45, 7) is 5.65. The highest BCUT2D eigenvalue weighted by Gasteiger charge is 2.40. The number of rotatable bonds is 3. The van der Waals surface area contributed by atoms with Crippen LogP contribution in [0.15, 0.2) is 12.1 Å². The maximum absolute atomic E-state index is 11.7. The SMILES string of the molecule is [B]OC1(C(=C)[B]C)CCCCC1=O. The molecule has 0 heterocycles. The van der Waals surface area contributed by atoms with Crippen molar-refractivity contribution in [3.63, 3.8) is 0 Å². The van der Waals surface area contributed by atoms with E-state index in [1.807, 2.05) is 6.82 Å². The molecule has 1 aliphatic carbocycles. The zero-order valence-corrected chi connectivity index (χ0v) is 8.01. The van der Waals surface area contributed by atoms with Gasteiger partial charge in [0, 0.05) is 6.42 Å². The Balaban J connectivity index is 2.88. The molecular formula is C9H13B2O2. The van der Waals surface area contributed by atoms with Crippen molar-refractivity contribution in [3.05, 3.63) is 12.1 Å². The Bertz CT molecular complexity index is 218. The Kier molecular flexibility index (Phi) is 3.37. The predicted molar refractivity (Wildman–Crippen MR) is 53.8 cm³/mol. The third-order valence-corrected chi connectivity index (χ3v) is 2.70. The zero-order valence-electron chi connectivity index (χ0n) is 8.01. The zero-order chi connectivity index (χ0) is 9.90. The van der Waals surface area contributed by atoms with Crippen LogP contribution in [0, 0.1) is 0 Å². The molecule has 4 heteroatoms. The number of hydrogen-bond acceptors (Lipinski definition) is 2. The van der Waals surface area contributed by atoms with Crippen LogP contribution in [-0.2, 0) is 9.45 Å². The summed E-state index contributed by atoms with van der Waals surface area (Å²) in [7, 11) is 6.99. The number of carbonyl (C=O) groups excluding carboxylic acids is 1. The largest absolute Gasteiger partial charge is 0.434 e. The van der Waals surface area contributed by atoms with Crippen molar-refractivity contribution in [1.82, 2.24) is 0 Å². The molecule has 1 aliphatic rings. The van der Waals surface area contributed by atoms with Crippen molar-refractivity contribution < 1.29 is 9.45 Å². The molecule has 0 bridgehead atoms. The number of hydrogen-bond donors (Lipinski definition) is 0. The number of Topliss-reactive ketones (excluding diaryl/α,β-unsaturated/α-hetero) is 1. The summed E-state index contributed by atoms with van der Waals surface area (Å²) in [6, 6.07) is 0. The van der Waals surface area contributed by atoms with Crippen LogP contribution in [0.4, 0.5) is 0 Å². The van der Waals surface area contributed by atoms with E-state index in [1.54, 1.807) is 7.28 Å². The van der Waals surface area contributed by atoms with Gasteiger partial charge in [-0.25, -0.2) is 0 Å². The fraction of sp³-hybridized carbons (Fsp3) is 0.667. The highest BCUT2D eigenvalue weighted by molar-refractivity contribution is 6.45. The number of carbonyl (C=O) groups is 1. The maximum atomic E-state index is 11.7. The van der Waals surface area contributed by atoms with Crippen LogP contribution in [0.25, 0.3) is 0 Å². The minimum absolute atomic E-state index is 0.0596. The lowest BCUT2D eigenvalue weighted by Crippen LogP contribution is -2.46. The third kappa shape index (κ3) is 1.73. The van der Waals surface area contributed by atoms with Gasteiger partial charge in [-0.3, -0.25) is 4.79 Å². The molecule has 1 saturated carbocycles. The second-order valence-corrected chi connectivity index (χ2v) is 3.39. The molecule has 0 spiro atoms. The first-order valence-electron chi connectivity index (χ1n) is 4.57. The third-order valence-electron chi connectivity index (χ3n) is 2.70. The van der Waals surface area contributed by atoms with Gasteiger partial charge in [-0.2, -0.15) is 0 Å². The summed E-state index contributed by atoms with van der Waals surface area (Å²) in [5.74, 6) is 0.0596. The smallest absolute Gasteiger partial charge is 0.284 e. The Labute approximate surface area is 81.4 Å². The van der Waals surface area contributed by atoms with Crippen LogP contribution in [-0.4, -0.2) is 26.7 Å². The lowest BCUT2D eigenvalue weighted by molar-refractivity contribution is -0.133. The van der Waals surface area contributed by atoms with E-state index in [9.17, 15) is 4.79 Å². The summed E-state index contributed by atoms with van der Waals surface area (Å²) in [5, 5.41) is 0. The van der Waals surface area contributed by atoms with Crippen LogP contribution in [0.1, 0.15) is 25.7 Å². The molecule has 0 amide bonds. The fourth-order valence-electron chi connectivity index (χ4n) is 1.77. The van der Waals surface area contributed by atoms with Crippen molar-refractivity contribution in [3.8, 4) is 0 Å². The summed E-state index contributed by atoms with van der Waals surface area (Å²) >= 11 is 0. The van der Waals surface area contributed by atoms with Crippen LogP contribution >= 0.6 is 0 Å². The molecule has 0 aromatic carbocycles. The van der Waals surface area contributed by atoms with Crippen molar-refractivity contribution >= 4 is 21.1 Å². The van der Waals surface area contributed by atoms with Gasteiger partial charge >= 0.3 is 0 Å². The van der Waals surface area contributed by atoms with E-state index in [-0.39, 0.29) is 5.78 Å². The molecule has 1 fully saturated rings. The molecule has 0 aromatic heterocycles. The van der Waals surface area contributed by atoms with Gasteiger partial charge in [-0.05, 0) is 19.3 Å². The van der Waals surface area contributed by atoms with Gasteiger partial charge in [0.2, 0.25) is 0 Å². The molecular weight excluding hydrogens is 162 g/mol. The van der Waals surface area contributed by atoms with Gasteiger partial charge in [0.25, 0.3) is 8.05 Å². The molecule has 0 aliphatic heterocycles. The van der Waals surface area contributed by atoms with E-state index < -0.39 is 5.60 Å². The van der Waals surface area contributed by atoms with E-state index >= 15 is 0 Å². The van der Waals surface area contributed by atoms with Crippen LogP contribution in [0.3, 0.4) is 0 Å². The minimum atomic E-state index is -0.924. The van der Waals surface area contributed by atoms with Crippen molar-refractivity contribution in [2.75, 3.05) is 0 Å². The Morgan fingerprint density at radius 1 is 1.69 bits per heavy atom. The highest BCUT2D eigenvalue weighted by atomic mass is 16.5. The van der Waals surface area contributed by atoms with Gasteiger partial charge in [-0.15, -0.1) is 6.58 Å². The number of ketones is 1. The maximum Gasteiger partial charge on any atom is 0.284 e. The standard InChI is InChI=1S/C9H13B2O2/c1-7(11-2)9(13-10)6-4-3-5-8(9)12/h1,3-6H2,2H3. The van der Waals surface area contributed by atoms with E-state index in [0.29, 0.717) is 18.3 Å². The van der Waals surface area contributed by atoms with Crippen LogP contribution < -0.4 is 0 Å². The van der Waals surface area contributed by atoms with Gasteiger partial charge in [0.15, 0.2) is 5.78 Å². The quantitative estimate of drug-likeness (QED) is 0.602. The molecule has 1 unspecified atom stereocenters. The first-order chi connectivity index (χ1) is 6.17. The van der Waals surface area contributed by atoms with Crippen LogP contribution in [0.5, 0.6) is 0 Å². The first kappa shape index (κ1) is 10.6. The van der Waals surface area contributed by atoms with Gasteiger partial charge in [0.05, 0.1) is 0 Å². The van der Waals surface area contributed by atoms with E-state index in [1.165, 1.54) is 0 Å². The average Bonchev–Trinajstić information content (AvgIpc) is 2.18. The van der Waals surface area contributed by atoms with Crippen molar-refractivity contribution in [2.24, 2.45) is 0 Å². The lowest BCUT2D eigenvalue weighted by atomic mass is 9.61. The van der Waals surface area contributed by atoms with E-state index in [4.69, 9.17) is 12.7 Å². The Hall–Kier alpha value is -0.500. The topological polar surface area (TPSA) is 26.3 Å². The molecule has 1 atom stereocenters. The summed E-state index contributed by atoms with van der Waals surface area (Å²) in [5.41, 5.74) is -0.243. The minimum Gasteiger partial charge on any atom is -0.434 e. The van der Waals surface area contributed by atoms with Crippen LogP contribution in [0.2, 0.25) is 6.82 Å². The second kappa shape index (κ2) is 4.14. The Morgan fingerprint density at radius 3 is 2.85 bits per heavy atom. The average molecular weight is 175 g/mol. The summed E-state index contributed by atoms with van der Waals surface area (Å²) < 4.78 is 4.86. The van der Waals surface area contributed by atoms with Gasteiger partial charge in [0.1, 0.15) is 12.9 Å². The molecule has 0 N–H and O–H groups in total. The summed E-state index contributed by atoms with van der Waals surface area (Å²) in [6.07, 6.45) is 3.10. The normalized spacial score (nSPS) is 28.5. The Morgan fingerprint density at radius 2 is 2.38 bits per heavy atom. The second-order valence-electron chi connectivity index (χ2n) is 3.39. The molecule has 67 valence electrons. The lowest BCUT2D eigenvalue weighted by Gasteiger charge is -2.37. The van der Waals surface area contributed by atoms with E-state index in [0.717, 1.165) is 12.8 Å². The predicted octanol–water partition coefficient (Wildman–Crippen LogP) is 1.23. The fourth-order valence-corrected chi connectivity index (χ4v) is 1.77. The van der Waals surface area contributed by atoms with Crippen molar-refractivity contribution in [2.45, 2.75) is 38.1 Å². The molecule has 13 heavy (non-hydrogen) atoms. The monoisotopic (exact) mass is 175 g/mol. The molecule has 3 radical (unpaired) electrons. The summed E-state index contributed by atoms with van der Waals surface area (Å²) in [4.78, 5) is 11.7. The van der Waals surface area contributed by atoms with Gasteiger partial charge in [-0.1, -0.05) is 12.3 Å². The van der Waals surface area contributed by atoms with Crippen molar-refractivity contribution in [1.29, 1.82) is 0 Å².